The van der Waals surface area contributed by atoms with Crippen molar-refractivity contribution in [2.24, 2.45) is 17.3 Å². The smallest absolute Gasteiger partial charge is 0.257 e. The minimum Gasteiger partial charge on any atom is -0.311 e. The van der Waals surface area contributed by atoms with Gasteiger partial charge in [-0.1, -0.05) is 13.8 Å². The van der Waals surface area contributed by atoms with E-state index in [4.69, 9.17) is 0 Å². The van der Waals surface area contributed by atoms with E-state index < -0.39 is 11.3 Å². The third kappa shape index (κ3) is 1.30. The fraction of sp³-hybridized carbons (Fsp3) is 1.00. The van der Waals surface area contributed by atoms with Gasteiger partial charge in [-0.25, -0.2) is 8.78 Å². The van der Waals surface area contributed by atoms with Crippen molar-refractivity contribution in [1.29, 1.82) is 0 Å². The van der Waals surface area contributed by atoms with Crippen LogP contribution in [0.3, 0.4) is 0 Å². The van der Waals surface area contributed by atoms with Gasteiger partial charge in [0.1, 0.15) is 0 Å². The molecule has 3 rings (SSSR count). The Kier molecular flexibility index (Phi) is 2.18. The molecule has 0 amide bonds. The van der Waals surface area contributed by atoms with Gasteiger partial charge in [-0.15, -0.1) is 0 Å². The summed E-state index contributed by atoms with van der Waals surface area (Å²) < 4.78 is 28.1. The third-order valence-electron chi connectivity index (χ3n) is 4.95. The molecule has 3 aliphatic rings. The number of alkyl halides is 2. The highest BCUT2D eigenvalue weighted by Crippen LogP contribution is 2.74. The Morgan fingerprint density at radius 3 is 2.25 bits per heavy atom. The Morgan fingerprint density at radius 2 is 1.75 bits per heavy atom. The van der Waals surface area contributed by atoms with Gasteiger partial charge in [-0.2, -0.15) is 0 Å². The van der Waals surface area contributed by atoms with E-state index in [9.17, 15) is 8.78 Å². The van der Waals surface area contributed by atoms with Crippen LogP contribution in [0, 0.1) is 17.3 Å². The highest BCUT2D eigenvalue weighted by molar-refractivity contribution is 5.22. The third-order valence-corrected chi connectivity index (χ3v) is 4.95. The maximum atomic E-state index is 14.0. The second kappa shape index (κ2) is 3.18. The molecular weight excluding hydrogens is 208 g/mol. The van der Waals surface area contributed by atoms with Crippen molar-refractivity contribution in [3.8, 4) is 0 Å². The van der Waals surface area contributed by atoms with E-state index in [0.29, 0.717) is 37.3 Å². The van der Waals surface area contributed by atoms with Gasteiger partial charge >= 0.3 is 0 Å². The van der Waals surface area contributed by atoms with E-state index in [0.717, 1.165) is 12.8 Å². The second-order valence-corrected chi connectivity index (χ2v) is 6.51. The van der Waals surface area contributed by atoms with Crippen LogP contribution in [-0.4, -0.2) is 18.0 Å². The molecule has 0 aromatic heterocycles. The Hall–Kier alpha value is -0.180. The first-order chi connectivity index (χ1) is 7.46. The van der Waals surface area contributed by atoms with Crippen molar-refractivity contribution in [2.75, 3.05) is 0 Å². The summed E-state index contributed by atoms with van der Waals surface area (Å²) in [6.45, 7) is 4.11. The molecule has 16 heavy (non-hydrogen) atoms. The first-order valence-electron chi connectivity index (χ1n) is 6.59. The summed E-state index contributed by atoms with van der Waals surface area (Å²) in [5, 5.41) is 3.46. The quantitative estimate of drug-likeness (QED) is 0.766. The second-order valence-electron chi connectivity index (χ2n) is 6.51. The normalized spacial score (nSPS) is 48.9. The lowest BCUT2D eigenvalue weighted by molar-refractivity contribution is 0.0378. The molecule has 2 bridgehead atoms. The van der Waals surface area contributed by atoms with Crippen molar-refractivity contribution in [1.82, 2.24) is 5.32 Å². The van der Waals surface area contributed by atoms with Crippen molar-refractivity contribution in [3.63, 3.8) is 0 Å². The lowest BCUT2D eigenvalue weighted by Crippen LogP contribution is -2.41. The van der Waals surface area contributed by atoms with Crippen molar-refractivity contribution in [3.05, 3.63) is 0 Å². The van der Waals surface area contributed by atoms with Gasteiger partial charge in [0.05, 0.1) is 0 Å². The molecule has 1 aliphatic carbocycles. The predicted octanol–water partition coefficient (Wildman–Crippen LogP) is 3.20. The molecule has 2 heterocycles. The monoisotopic (exact) mass is 229 g/mol. The summed E-state index contributed by atoms with van der Waals surface area (Å²) in [6, 6.07) is 0.753. The van der Waals surface area contributed by atoms with Crippen LogP contribution in [0.5, 0.6) is 0 Å². The van der Waals surface area contributed by atoms with E-state index in [1.807, 2.05) is 0 Å². The molecule has 0 aromatic carbocycles. The van der Waals surface area contributed by atoms with Gasteiger partial charge in [-0.05, 0) is 38.0 Å². The van der Waals surface area contributed by atoms with Gasteiger partial charge in [0.15, 0.2) is 0 Å². The van der Waals surface area contributed by atoms with Gasteiger partial charge in [0.2, 0.25) is 0 Å². The van der Waals surface area contributed by atoms with Crippen LogP contribution < -0.4 is 5.32 Å². The highest BCUT2D eigenvalue weighted by atomic mass is 19.3. The van der Waals surface area contributed by atoms with Gasteiger partial charge in [0, 0.05) is 23.4 Å². The van der Waals surface area contributed by atoms with E-state index in [1.54, 1.807) is 0 Å². The minimum atomic E-state index is -2.37. The number of hydrogen-bond acceptors (Lipinski definition) is 1. The van der Waals surface area contributed by atoms with Crippen molar-refractivity contribution >= 4 is 0 Å². The molecule has 1 N–H and O–H groups in total. The molecule has 92 valence electrons. The molecule has 1 saturated carbocycles. The summed E-state index contributed by atoms with van der Waals surface area (Å²) in [7, 11) is 0. The molecule has 0 radical (unpaired) electrons. The van der Waals surface area contributed by atoms with Gasteiger partial charge in [-0.3, -0.25) is 0 Å². The van der Waals surface area contributed by atoms with E-state index in [2.05, 4.69) is 19.2 Å². The molecule has 3 atom stereocenters. The SMILES string of the molecule is CC(C)CC1C(F)(F)C12CC1CCC(C2)N1. The number of hydrogen-bond donors (Lipinski definition) is 1. The molecular formula is C13H21F2N. The molecule has 2 aliphatic heterocycles. The predicted molar refractivity (Wildman–Crippen MR) is 59.5 cm³/mol. The number of fused-ring (bicyclic) bond motifs is 2. The summed E-state index contributed by atoms with van der Waals surface area (Å²) in [5.74, 6) is -2.31. The maximum absolute atomic E-state index is 14.0. The van der Waals surface area contributed by atoms with Crippen LogP contribution in [0.25, 0.3) is 0 Å². The first kappa shape index (κ1) is 10.9. The van der Waals surface area contributed by atoms with Crippen LogP contribution >= 0.6 is 0 Å². The summed E-state index contributed by atoms with van der Waals surface area (Å²) in [5.41, 5.74) is -0.617. The van der Waals surface area contributed by atoms with Crippen LogP contribution in [0.15, 0.2) is 0 Å². The molecule has 1 spiro atoms. The molecule has 1 nitrogen and oxygen atoms in total. The van der Waals surface area contributed by atoms with Crippen molar-refractivity contribution in [2.45, 2.75) is 64.0 Å². The summed E-state index contributed by atoms with van der Waals surface area (Å²) in [4.78, 5) is 0. The Labute approximate surface area is 96.0 Å². The zero-order chi connectivity index (χ0) is 11.6. The molecule has 3 unspecified atom stereocenters. The van der Waals surface area contributed by atoms with E-state index >= 15 is 0 Å². The average molecular weight is 229 g/mol. The number of halogens is 2. The number of nitrogens with one attached hydrogen (secondary N) is 1. The Bertz CT molecular complexity index is 288. The van der Waals surface area contributed by atoms with Crippen molar-refractivity contribution < 1.29 is 8.78 Å². The topological polar surface area (TPSA) is 12.0 Å². The maximum Gasteiger partial charge on any atom is 0.257 e. The van der Waals surface area contributed by atoms with E-state index in [-0.39, 0.29) is 5.92 Å². The zero-order valence-corrected chi connectivity index (χ0v) is 10.1. The first-order valence-corrected chi connectivity index (χ1v) is 6.59. The average Bonchev–Trinajstić information content (AvgIpc) is 2.53. The van der Waals surface area contributed by atoms with Gasteiger partial charge < -0.3 is 5.32 Å². The molecule has 3 fully saturated rings. The molecule has 2 saturated heterocycles. The largest absolute Gasteiger partial charge is 0.311 e. The minimum absolute atomic E-state index is 0.329. The zero-order valence-electron chi connectivity index (χ0n) is 10.1. The van der Waals surface area contributed by atoms with Crippen LogP contribution in [-0.2, 0) is 0 Å². The Balaban J connectivity index is 1.79. The lowest BCUT2D eigenvalue weighted by atomic mass is 9.85. The molecule has 0 aromatic rings. The van der Waals surface area contributed by atoms with Crippen LogP contribution in [0.2, 0.25) is 0 Å². The van der Waals surface area contributed by atoms with Crippen LogP contribution in [0.4, 0.5) is 8.78 Å². The van der Waals surface area contributed by atoms with Crippen LogP contribution in [0.1, 0.15) is 46.0 Å². The van der Waals surface area contributed by atoms with E-state index in [1.165, 1.54) is 0 Å². The summed E-state index contributed by atoms with van der Waals surface area (Å²) in [6.07, 6.45) is 4.35. The Morgan fingerprint density at radius 1 is 1.19 bits per heavy atom. The van der Waals surface area contributed by atoms with Gasteiger partial charge in [0.25, 0.3) is 5.92 Å². The fourth-order valence-electron chi connectivity index (χ4n) is 4.18. The standard InChI is InChI=1S/C13H21F2N/c1-8(2)5-11-12(13(11,14)15)6-9-3-4-10(7-12)16-9/h8-11,16H,3-7H2,1-2H3. The number of piperidine rings is 1. The number of rotatable bonds is 2. The lowest BCUT2D eigenvalue weighted by Gasteiger charge is -2.30. The highest BCUT2D eigenvalue weighted by Gasteiger charge is 2.80. The molecule has 3 heteroatoms. The summed E-state index contributed by atoms with van der Waals surface area (Å²) >= 11 is 0. The fourth-order valence-corrected chi connectivity index (χ4v) is 4.18.